The molecule has 0 fully saturated rings. The summed E-state index contributed by atoms with van der Waals surface area (Å²) in [5.41, 5.74) is 0. The van der Waals surface area contributed by atoms with Gasteiger partial charge in [0.15, 0.2) is 5.82 Å². The Hall–Kier alpha value is -1.64. The summed E-state index contributed by atoms with van der Waals surface area (Å²) in [6.07, 6.45) is 1.78. The normalized spacial score (nSPS) is 10.8. The molecule has 0 saturated heterocycles. The van der Waals surface area contributed by atoms with E-state index in [1.165, 1.54) is 0 Å². The van der Waals surface area contributed by atoms with Crippen molar-refractivity contribution in [2.75, 3.05) is 5.32 Å². The first-order valence-electron chi connectivity index (χ1n) is 4.74. The van der Waals surface area contributed by atoms with Gasteiger partial charge in [-0.3, -0.25) is 0 Å². The van der Waals surface area contributed by atoms with Gasteiger partial charge in [0.2, 0.25) is 0 Å². The number of fused-ring (bicyclic) bond motifs is 1. The number of hydrogen-bond donors (Lipinski definition) is 1. The van der Waals surface area contributed by atoms with Gasteiger partial charge in [0.05, 0.1) is 6.20 Å². The van der Waals surface area contributed by atoms with Crippen LogP contribution in [0.4, 0.5) is 5.82 Å². The van der Waals surface area contributed by atoms with Gasteiger partial charge in [-0.25, -0.2) is 0 Å². The van der Waals surface area contributed by atoms with Crippen LogP contribution in [-0.2, 0) is 0 Å². The summed E-state index contributed by atoms with van der Waals surface area (Å²) in [4.78, 5) is 0. The van der Waals surface area contributed by atoms with Crippen LogP contribution in [0.25, 0.3) is 10.8 Å². The molecule has 0 bridgehead atoms. The monoisotopic (exact) mass is 187 g/mol. The van der Waals surface area contributed by atoms with E-state index in [1.807, 2.05) is 18.2 Å². The number of benzene rings is 1. The first-order valence-corrected chi connectivity index (χ1v) is 4.74. The van der Waals surface area contributed by atoms with Gasteiger partial charge < -0.3 is 5.32 Å². The molecular formula is C11H13N3. The Kier molecular flexibility index (Phi) is 2.31. The van der Waals surface area contributed by atoms with Crippen LogP contribution in [-0.4, -0.2) is 16.2 Å². The van der Waals surface area contributed by atoms with E-state index in [4.69, 9.17) is 0 Å². The first kappa shape index (κ1) is 8.94. The van der Waals surface area contributed by atoms with Crippen LogP contribution in [0.15, 0.2) is 30.5 Å². The third kappa shape index (κ3) is 1.66. The largest absolute Gasteiger partial charge is 0.366 e. The summed E-state index contributed by atoms with van der Waals surface area (Å²) in [5.74, 6) is 0.859. The molecule has 1 aromatic heterocycles. The average Bonchev–Trinajstić information content (AvgIpc) is 2.18. The van der Waals surface area contributed by atoms with E-state index in [0.717, 1.165) is 16.6 Å². The van der Waals surface area contributed by atoms with Gasteiger partial charge in [-0.05, 0) is 13.8 Å². The molecular weight excluding hydrogens is 174 g/mol. The molecule has 1 aromatic carbocycles. The molecule has 0 atom stereocenters. The van der Waals surface area contributed by atoms with Gasteiger partial charge >= 0.3 is 0 Å². The highest BCUT2D eigenvalue weighted by atomic mass is 15.2. The zero-order valence-corrected chi connectivity index (χ0v) is 8.36. The second-order valence-corrected chi connectivity index (χ2v) is 3.58. The second-order valence-electron chi connectivity index (χ2n) is 3.58. The number of aromatic nitrogens is 2. The van der Waals surface area contributed by atoms with Crippen LogP contribution in [0, 0.1) is 0 Å². The fourth-order valence-electron chi connectivity index (χ4n) is 1.41. The second kappa shape index (κ2) is 3.62. The number of nitrogens with one attached hydrogen (secondary N) is 1. The highest BCUT2D eigenvalue weighted by molar-refractivity contribution is 5.90. The molecule has 3 nitrogen and oxygen atoms in total. The maximum absolute atomic E-state index is 4.09. The van der Waals surface area contributed by atoms with E-state index in [1.54, 1.807) is 6.20 Å². The predicted molar refractivity (Wildman–Crippen MR) is 58.3 cm³/mol. The first-order chi connectivity index (χ1) is 6.77. The molecule has 0 saturated carbocycles. The molecule has 72 valence electrons. The Morgan fingerprint density at radius 2 is 2.00 bits per heavy atom. The summed E-state index contributed by atoms with van der Waals surface area (Å²) >= 11 is 0. The lowest BCUT2D eigenvalue weighted by atomic mass is 10.2. The van der Waals surface area contributed by atoms with Crippen molar-refractivity contribution in [3.63, 3.8) is 0 Å². The number of anilines is 1. The Balaban J connectivity index is 2.53. The molecule has 1 N–H and O–H groups in total. The number of hydrogen-bond acceptors (Lipinski definition) is 3. The van der Waals surface area contributed by atoms with Crippen LogP contribution in [0.1, 0.15) is 13.8 Å². The Morgan fingerprint density at radius 1 is 1.21 bits per heavy atom. The van der Waals surface area contributed by atoms with Gasteiger partial charge in [-0.2, -0.15) is 5.10 Å². The Bertz CT molecular complexity index is 432. The van der Waals surface area contributed by atoms with Crippen molar-refractivity contribution < 1.29 is 0 Å². The van der Waals surface area contributed by atoms with Crippen LogP contribution in [0.3, 0.4) is 0 Å². The van der Waals surface area contributed by atoms with Crippen molar-refractivity contribution in [1.82, 2.24) is 10.2 Å². The molecule has 0 radical (unpaired) electrons. The van der Waals surface area contributed by atoms with Crippen molar-refractivity contribution in [1.29, 1.82) is 0 Å². The highest BCUT2D eigenvalue weighted by Gasteiger charge is 2.02. The zero-order chi connectivity index (χ0) is 9.97. The highest BCUT2D eigenvalue weighted by Crippen LogP contribution is 2.19. The summed E-state index contributed by atoms with van der Waals surface area (Å²) < 4.78 is 0. The maximum Gasteiger partial charge on any atom is 0.156 e. The Labute approximate surface area is 83.2 Å². The van der Waals surface area contributed by atoms with Crippen LogP contribution in [0.2, 0.25) is 0 Å². The lowest BCUT2D eigenvalue weighted by Crippen LogP contribution is -2.11. The molecule has 0 aliphatic carbocycles. The molecule has 0 aliphatic rings. The van der Waals surface area contributed by atoms with Crippen molar-refractivity contribution in [2.45, 2.75) is 19.9 Å². The molecule has 0 amide bonds. The lowest BCUT2D eigenvalue weighted by Gasteiger charge is -2.10. The van der Waals surface area contributed by atoms with Gasteiger partial charge in [0.1, 0.15) is 0 Å². The molecule has 0 unspecified atom stereocenters. The fourth-order valence-corrected chi connectivity index (χ4v) is 1.41. The molecule has 0 aliphatic heterocycles. The van der Waals surface area contributed by atoms with Gasteiger partial charge in [0.25, 0.3) is 0 Å². The number of rotatable bonds is 2. The van der Waals surface area contributed by atoms with Crippen molar-refractivity contribution >= 4 is 16.6 Å². The molecule has 2 rings (SSSR count). The molecule has 3 heteroatoms. The topological polar surface area (TPSA) is 37.8 Å². The van der Waals surface area contributed by atoms with Crippen molar-refractivity contribution in [3.05, 3.63) is 30.5 Å². The van der Waals surface area contributed by atoms with Crippen LogP contribution in [0.5, 0.6) is 0 Å². The Morgan fingerprint density at radius 3 is 2.79 bits per heavy atom. The third-order valence-corrected chi connectivity index (χ3v) is 2.00. The minimum absolute atomic E-state index is 0.370. The van der Waals surface area contributed by atoms with E-state index in [2.05, 4.69) is 35.4 Å². The van der Waals surface area contributed by atoms with Gasteiger partial charge in [-0.15, -0.1) is 5.10 Å². The van der Waals surface area contributed by atoms with Crippen molar-refractivity contribution in [3.8, 4) is 0 Å². The minimum Gasteiger partial charge on any atom is -0.366 e. The minimum atomic E-state index is 0.370. The number of nitrogens with zero attached hydrogens (tertiary/aromatic N) is 2. The van der Waals surface area contributed by atoms with Crippen LogP contribution < -0.4 is 5.32 Å². The fraction of sp³-hybridized carbons (Fsp3) is 0.273. The molecule has 1 heterocycles. The van der Waals surface area contributed by atoms with Gasteiger partial charge in [0, 0.05) is 16.8 Å². The van der Waals surface area contributed by atoms with E-state index in [9.17, 15) is 0 Å². The summed E-state index contributed by atoms with van der Waals surface area (Å²) in [6.45, 7) is 4.17. The smallest absolute Gasteiger partial charge is 0.156 e. The lowest BCUT2D eigenvalue weighted by molar-refractivity contribution is 0.879. The predicted octanol–water partition coefficient (Wildman–Crippen LogP) is 2.45. The quantitative estimate of drug-likeness (QED) is 0.784. The summed E-state index contributed by atoms with van der Waals surface area (Å²) in [6, 6.07) is 8.47. The third-order valence-electron chi connectivity index (χ3n) is 2.00. The van der Waals surface area contributed by atoms with E-state index in [-0.39, 0.29) is 0 Å². The molecule has 2 aromatic rings. The standard InChI is InChI=1S/C11H13N3/c1-8(2)13-11-10-6-4-3-5-9(10)7-12-14-11/h3-8H,1-2H3,(H,13,14). The van der Waals surface area contributed by atoms with E-state index >= 15 is 0 Å². The average molecular weight is 187 g/mol. The van der Waals surface area contributed by atoms with Crippen molar-refractivity contribution in [2.24, 2.45) is 0 Å². The molecule has 0 spiro atoms. The maximum atomic E-state index is 4.09. The SMILES string of the molecule is CC(C)Nc1nncc2ccccc12. The summed E-state index contributed by atoms with van der Waals surface area (Å²) in [5, 5.41) is 13.6. The van der Waals surface area contributed by atoms with E-state index < -0.39 is 0 Å². The molecule has 14 heavy (non-hydrogen) atoms. The van der Waals surface area contributed by atoms with Crippen LogP contribution >= 0.6 is 0 Å². The van der Waals surface area contributed by atoms with E-state index in [0.29, 0.717) is 6.04 Å². The zero-order valence-electron chi connectivity index (χ0n) is 8.36. The van der Waals surface area contributed by atoms with Gasteiger partial charge in [-0.1, -0.05) is 24.3 Å². The summed E-state index contributed by atoms with van der Waals surface area (Å²) in [7, 11) is 0.